The molecule has 0 saturated heterocycles. The maximum absolute atomic E-state index is 6.01. The van der Waals surface area contributed by atoms with Gasteiger partial charge in [0.2, 0.25) is 0 Å². The van der Waals surface area contributed by atoms with Gasteiger partial charge in [0, 0.05) is 20.9 Å². The molecule has 0 aliphatic heterocycles. The lowest BCUT2D eigenvalue weighted by Crippen LogP contribution is -1.86. The van der Waals surface area contributed by atoms with E-state index in [0.717, 1.165) is 22.0 Å². The lowest BCUT2D eigenvalue weighted by Gasteiger charge is -2.06. The molecule has 0 spiro atoms. The topological polar surface area (TPSA) is 38.9 Å². The van der Waals surface area contributed by atoms with Crippen molar-refractivity contribution in [1.82, 2.24) is 4.98 Å². The highest BCUT2D eigenvalue weighted by Gasteiger charge is 2.09. The molecule has 0 atom stereocenters. The molecule has 0 fully saturated rings. The lowest BCUT2D eigenvalue weighted by molar-refractivity contribution is 1.35. The molecule has 0 radical (unpaired) electrons. The number of thiazole rings is 1. The molecule has 1 aromatic heterocycles. The minimum Gasteiger partial charge on any atom is -0.375 e. The lowest BCUT2D eigenvalue weighted by atomic mass is 10.2. The number of halogens is 1. The summed E-state index contributed by atoms with van der Waals surface area (Å²) in [7, 11) is 0. The highest BCUT2D eigenvalue weighted by Crippen LogP contribution is 2.34. The van der Waals surface area contributed by atoms with Gasteiger partial charge in [0.1, 0.15) is 0 Å². The predicted molar refractivity (Wildman–Crippen MR) is 73.4 cm³/mol. The van der Waals surface area contributed by atoms with Crippen molar-refractivity contribution in [2.24, 2.45) is 0 Å². The molecule has 2 nitrogen and oxygen atoms in total. The zero-order valence-corrected chi connectivity index (χ0v) is 11.1. The van der Waals surface area contributed by atoms with E-state index in [-0.39, 0.29) is 0 Å². The maximum Gasteiger partial charge on any atom is 0.180 e. The summed E-state index contributed by atoms with van der Waals surface area (Å²) < 4.78 is 0. The summed E-state index contributed by atoms with van der Waals surface area (Å²) in [6.45, 7) is 2.12. The van der Waals surface area contributed by atoms with Crippen LogP contribution < -0.4 is 5.73 Å². The van der Waals surface area contributed by atoms with Crippen LogP contribution in [0.5, 0.6) is 0 Å². The number of benzene rings is 1. The van der Waals surface area contributed by atoms with Gasteiger partial charge < -0.3 is 5.73 Å². The van der Waals surface area contributed by atoms with E-state index in [0.29, 0.717) is 5.13 Å². The Hall–Kier alpha value is -0.710. The highest BCUT2D eigenvalue weighted by atomic mass is 35.5. The number of hydrogen-bond acceptors (Lipinski definition) is 4. The first-order valence-electron chi connectivity index (χ1n) is 4.84. The molecule has 0 unspecified atom stereocenters. The van der Waals surface area contributed by atoms with Crippen molar-refractivity contribution in [3.63, 3.8) is 0 Å². The summed E-state index contributed by atoms with van der Waals surface area (Å²) in [5.41, 5.74) is 7.61. The van der Waals surface area contributed by atoms with Crippen LogP contribution in [-0.2, 0) is 0 Å². The molecule has 84 valence electrons. The number of thioether (sulfide) groups is 1. The van der Waals surface area contributed by atoms with E-state index in [4.69, 9.17) is 17.3 Å². The smallest absolute Gasteiger partial charge is 0.180 e. The van der Waals surface area contributed by atoms with Crippen molar-refractivity contribution < 1.29 is 0 Å². The Morgan fingerprint density at radius 2 is 2.31 bits per heavy atom. The van der Waals surface area contributed by atoms with Crippen molar-refractivity contribution >= 4 is 39.8 Å². The van der Waals surface area contributed by atoms with Crippen LogP contribution in [0.1, 0.15) is 6.92 Å². The second-order valence-electron chi connectivity index (χ2n) is 3.14. The molecule has 5 heteroatoms. The summed E-state index contributed by atoms with van der Waals surface area (Å²) in [6.07, 6.45) is 0. The summed E-state index contributed by atoms with van der Waals surface area (Å²) in [6, 6.07) is 5.87. The number of rotatable bonds is 3. The highest BCUT2D eigenvalue weighted by molar-refractivity contribution is 7.99. The van der Waals surface area contributed by atoms with Crippen LogP contribution in [-0.4, -0.2) is 10.7 Å². The average molecular weight is 271 g/mol. The van der Waals surface area contributed by atoms with Gasteiger partial charge in [-0.1, -0.05) is 18.5 Å². The standard InChI is InChI=1S/C11H11ClN2S2/c1-2-15-10-4-3-7(12)5-8(10)9-6-16-11(13)14-9/h3-6H,2H2,1H3,(H2,13,14). The summed E-state index contributed by atoms with van der Waals surface area (Å²) in [5, 5.41) is 3.27. The van der Waals surface area contributed by atoms with Gasteiger partial charge in [0.05, 0.1) is 5.69 Å². The first-order valence-corrected chi connectivity index (χ1v) is 7.08. The van der Waals surface area contributed by atoms with Gasteiger partial charge in [0.25, 0.3) is 0 Å². The normalized spacial score (nSPS) is 10.6. The second-order valence-corrected chi connectivity index (χ2v) is 5.78. The number of nitrogens with two attached hydrogens (primary N) is 1. The zero-order chi connectivity index (χ0) is 11.5. The Kier molecular flexibility index (Phi) is 3.74. The van der Waals surface area contributed by atoms with Crippen molar-refractivity contribution in [2.75, 3.05) is 11.5 Å². The SMILES string of the molecule is CCSc1ccc(Cl)cc1-c1csc(N)n1. The van der Waals surface area contributed by atoms with Gasteiger partial charge in [-0.15, -0.1) is 23.1 Å². The Labute approximate surface area is 108 Å². The number of nitrogens with zero attached hydrogens (tertiary/aromatic N) is 1. The third kappa shape index (κ3) is 2.51. The fraction of sp³-hybridized carbons (Fsp3) is 0.182. The summed E-state index contributed by atoms with van der Waals surface area (Å²) in [5.74, 6) is 1.02. The third-order valence-electron chi connectivity index (χ3n) is 2.04. The van der Waals surface area contributed by atoms with Crippen LogP contribution in [0.15, 0.2) is 28.5 Å². The van der Waals surface area contributed by atoms with Crippen molar-refractivity contribution in [3.8, 4) is 11.3 Å². The van der Waals surface area contributed by atoms with Gasteiger partial charge in [-0.2, -0.15) is 0 Å². The van der Waals surface area contributed by atoms with Gasteiger partial charge >= 0.3 is 0 Å². The van der Waals surface area contributed by atoms with Gasteiger partial charge in [-0.05, 0) is 24.0 Å². The van der Waals surface area contributed by atoms with E-state index >= 15 is 0 Å². The van der Waals surface area contributed by atoms with E-state index in [9.17, 15) is 0 Å². The van der Waals surface area contributed by atoms with Crippen molar-refractivity contribution in [2.45, 2.75) is 11.8 Å². The zero-order valence-electron chi connectivity index (χ0n) is 8.74. The molecule has 0 bridgehead atoms. The minimum absolute atomic E-state index is 0.586. The average Bonchev–Trinajstić information content (AvgIpc) is 2.68. The Balaban J connectivity index is 2.48. The van der Waals surface area contributed by atoms with Gasteiger partial charge in [-0.25, -0.2) is 4.98 Å². The molecule has 2 rings (SSSR count). The molecule has 0 aliphatic rings. The van der Waals surface area contributed by atoms with E-state index in [2.05, 4.69) is 11.9 Å². The summed E-state index contributed by atoms with van der Waals surface area (Å²) >= 11 is 9.23. The van der Waals surface area contributed by atoms with Crippen LogP contribution in [0.4, 0.5) is 5.13 Å². The molecule has 0 saturated carbocycles. The molecule has 16 heavy (non-hydrogen) atoms. The molecule has 2 aromatic rings. The van der Waals surface area contributed by atoms with Crippen molar-refractivity contribution in [1.29, 1.82) is 0 Å². The Morgan fingerprint density at radius 3 is 2.94 bits per heavy atom. The molecule has 1 heterocycles. The molecular formula is C11H11ClN2S2. The number of nitrogen functional groups attached to an aromatic ring is 1. The number of aromatic nitrogens is 1. The van der Waals surface area contributed by atoms with Crippen LogP contribution in [0.2, 0.25) is 5.02 Å². The van der Waals surface area contributed by atoms with Crippen LogP contribution >= 0.6 is 34.7 Å². The van der Waals surface area contributed by atoms with E-state index in [1.807, 2.05) is 23.6 Å². The molecule has 1 aromatic carbocycles. The van der Waals surface area contributed by atoms with Gasteiger partial charge in [-0.3, -0.25) is 0 Å². The first-order chi connectivity index (χ1) is 7.70. The monoisotopic (exact) mass is 270 g/mol. The fourth-order valence-corrected chi connectivity index (χ4v) is 2.92. The maximum atomic E-state index is 6.01. The Bertz CT molecular complexity index is 496. The minimum atomic E-state index is 0.586. The molecule has 2 N–H and O–H groups in total. The van der Waals surface area contributed by atoms with E-state index in [1.165, 1.54) is 16.2 Å². The molecular weight excluding hydrogens is 260 g/mol. The van der Waals surface area contributed by atoms with Crippen molar-refractivity contribution in [3.05, 3.63) is 28.6 Å². The quantitative estimate of drug-likeness (QED) is 0.852. The number of hydrogen-bond donors (Lipinski definition) is 1. The second kappa shape index (κ2) is 5.08. The first kappa shape index (κ1) is 11.8. The van der Waals surface area contributed by atoms with Crippen LogP contribution in [0.25, 0.3) is 11.3 Å². The van der Waals surface area contributed by atoms with E-state index in [1.54, 1.807) is 11.8 Å². The fourth-order valence-electron chi connectivity index (χ4n) is 1.40. The van der Waals surface area contributed by atoms with Gasteiger partial charge in [0.15, 0.2) is 5.13 Å². The van der Waals surface area contributed by atoms with Crippen LogP contribution in [0, 0.1) is 0 Å². The molecule has 0 aliphatic carbocycles. The summed E-state index contributed by atoms with van der Waals surface area (Å²) in [4.78, 5) is 5.48. The number of anilines is 1. The van der Waals surface area contributed by atoms with Crippen LogP contribution in [0.3, 0.4) is 0 Å². The third-order valence-corrected chi connectivity index (χ3v) is 3.90. The Morgan fingerprint density at radius 1 is 1.50 bits per heavy atom. The largest absolute Gasteiger partial charge is 0.375 e. The predicted octanol–water partition coefficient (Wildman–Crippen LogP) is 4.16. The molecule has 0 amide bonds. The van der Waals surface area contributed by atoms with E-state index < -0.39 is 0 Å².